The van der Waals surface area contributed by atoms with Gasteiger partial charge in [0.2, 0.25) is 0 Å². The standard InChI is InChI=1S/C34H53F3O6/c1-25(2)32(6,7)23-33(8,31(3,4)5)30(39)42-21-15-13-11-10-12-14-20-41-27-18-16-26(22-28(27)40-9)17-19-29(38)43-24-34(35,36)37/h16-19,22,25H,10-15,20-21,23-24H2,1-9H3/b19-17+. The van der Waals surface area contributed by atoms with Crippen LogP contribution in [0.1, 0.15) is 106 Å². The van der Waals surface area contributed by atoms with Crippen molar-refractivity contribution in [3.63, 3.8) is 0 Å². The van der Waals surface area contributed by atoms with Crippen LogP contribution < -0.4 is 9.47 Å². The SMILES string of the molecule is COc1cc(/C=C/C(=O)OCC(F)(F)F)ccc1OCCCCCCCCOC(=O)C(C)(CC(C)(C)C(C)C)C(C)(C)C. The second-order valence-electron chi connectivity index (χ2n) is 13.5. The summed E-state index contributed by atoms with van der Waals surface area (Å²) in [7, 11) is 1.49. The van der Waals surface area contributed by atoms with Crippen molar-refractivity contribution in [2.75, 3.05) is 26.9 Å². The molecule has 0 radical (unpaired) electrons. The lowest BCUT2D eigenvalue weighted by molar-refractivity contribution is -0.182. The van der Waals surface area contributed by atoms with Crippen LogP contribution in [0, 0.1) is 22.2 Å². The zero-order valence-corrected chi connectivity index (χ0v) is 27.6. The Balaban J connectivity index is 2.37. The first-order chi connectivity index (χ1) is 19.8. The topological polar surface area (TPSA) is 71.1 Å². The molecule has 0 aliphatic carbocycles. The highest BCUT2D eigenvalue weighted by Gasteiger charge is 2.49. The van der Waals surface area contributed by atoms with E-state index >= 15 is 0 Å². The number of esters is 2. The maximum absolute atomic E-state index is 13.2. The second-order valence-corrected chi connectivity index (χ2v) is 13.5. The van der Waals surface area contributed by atoms with Crippen LogP contribution in [0.3, 0.4) is 0 Å². The minimum atomic E-state index is -4.57. The highest BCUT2D eigenvalue weighted by atomic mass is 19.4. The van der Waals surface area contributed by atoms with Crippen molar-refractivity contribution in [1.82, 2.24) is 0 Å². The summed E-state index contributed by atoms with van der Waals surface area (Å²) in [4.78, 5) is 24.7. The average molecular weight is 615 g/mol. The molecule has 1 aromatic carbocycles. The Bertz CT molecular complexity index is 1040. The van der Waals surface area contributed by atoms with Gasteiger partial charge in [0.15, 0.2) is 18.1 Å². The Morgan fingerprint density at radius 3 is 1.95 bits per heavy atom. The van der Waals surface area contributed by atoms with Gasteiger partial charge < -0.3 is 18.9 Å². The summed E-state index contributed by atoms with van der Waals surface area (Å²) in [6.07, 6.45) is 4.27. The quantitative estimate of drug-likeness (QED) is 0.0933. The Labute approximate surface area is 256 Å². The van der Waals surface area contributed by atoms with Gasteiger partial charge in [-0.25, -0.2) is 4.79 Å². The van der Waals surface area contributed by atoms with Crippen LogP contribution in [0.15, 0.2) is 24.3 Å². The van der Waals surface area contributed by atoms with E-state index in [-0.39, 0.29) is 16.8 Å². The average Bonchev–Trinajstić information content (AvgIpc) is 2.90. The summed E-state index contributed by atoms with van der Waals surface area (Å²) < 4.78 is 57.6. The second kappa shape index (κ2) is 17.0. The van der Waals surface area contributed by atoms with Crippen LogP contribution in [-0.4, -0.2) is 45.0 Å². The normalized spacial score (nSPS) is 14.1. The third-order valence-corrected chi connectivity index (χ3v) is 8.49. The van der Waals surface area contributed by atoms with E-state index in [2.05, 4.69) is 53.2 Å². The highest BCUT2D eigenvalue weighted by molar-refractivity contribution is 5.87. The van der Waals surface area contributed by atoms with Crippen molar-refractivity contribution in [3.8, 4) is 11.5 Å². The molecule has 0 aliphatic heterocycles. The van der Waals surface area contributed by atoms with Crippen LogP contribution in [-0.2, 0) is 19.1 Å². The first kappa shape index (κ1) is 38.3. The summed E-state index contributed by atoms with van der Waals surface area (Å²) in [5, 5.41) is 0. The zero-order chi connectivity index (χ0) is 32.9. The molecule has 0 saturated heterocycles. The molecular weight excluding hydrogens is 561 g/mol. The molecule has 1 aromatic rings. The molecule has 43 heavy (non-hydrogen) atoms. The third-order valence-electron chi connectivity index (χ3n) is 8.49. The maximum atomic E-state index is 13.2. The summed E-state index contributed by atoms with van der Waals surface area (Å²) in [5.41, 5.74) is -0.187. The molecular formula is C34H53F3O6. The molecule has 0 aromatic heterocycles. The number of ether oxygens (including phenoxy) is 4. The first-order valence-electron chi connectivity index (χ1n) is 15.2. The summed E-state index contributed by atoms with van der Waals surface area (Å²) in [5.74, 6) is 0.271. The van der Waals surface area contributed by atoms with Crippen LogP contribution >= 0.6 is 0 Å². The fourth-order valence-electron chi connectivity index (χ4n) is 4.45. The van der Waals surface area contributed by atoms with E-state index in [1.54, 1.807) is 18.2 Å². The number of rotatable bonds is 18. The number of methoxy groups -OCH3 is 1. The summed E-state index contributed by atoms with van der Waals surface area (Å²) in [6.45, 7) is 16.6. The predicted molar refractivity (Wildman–Crippen MR) is 164 cm³/mol. The zero-order valence-electron chi connectivity index (χ0n) is 27.6. The number of carbonyl (C=O) groups is 2. The lowest BCUT2D eigenvalue weighted by Gasteiger charge is -2.45. The van der Waals surface area contributed by atoms with E-state index in [0.29, 0.717) is 36.2 Å². The van der Waals surface area contributed by atoms with E-state index in [4.69, 9.17) is 14.2 Å². The smallest absolute Gasteiger partial charge is 0.422 e. The predicted octanol–water partition coefficient (Wildman–Crippen LogP) is 9.20. The number of halogens is 3. The van der Waals surface area contributed by atoms with Crippen molar-refractivity contribution in [3.05, 3.63) is 29.8 Å². The van der Waals surface area contributed by atoms with Gasteiger partial charge in [0.05, 0.1) is 25.7 Å². The van der Waals surface area contributed by atoms with Gasteiger partial charge in [0.1, 0.15) is 0 Å². The molecule has 0 fully saturated rings. The molecule has 1 atom stereocenters. The molecule has 246 valence electrons. The number of unbranched alkanes of at least 4 members (excludes halogenated alkanes) is 5. The van der Waals surface area contributed by atoms with Crippen molar-refractivity contribution in [1.29, 1.82) is 0 Å². The largest absolute Gasteiger partial charge is 0.493 e. The number of hydrogen-bond donors (Lipinski definition) is 0. The van der Waals surface area contributed by atoms with Gasteiger partial charge in [-0.2, -0.15) is 13.2 Å². The third kappa shape index (κ3) is 13.6. The fourth-order valence-corrected chi connectivity index (χ4v) is 4.45. The van der Waals surface area contributed by atoms with Gasteiger partial charge in [-0.1, -0.05) is 80.2 Å². The molecule has 0 saturated carbocycles. The molecule has 0 amide bonds. The molecule has 0 bridgehead atoms. The highest BCUT2D eigenvalue weighted by Crippen LogP contribution is 2.49. The number of alkyl halides is 3. The molecule has 1 unspecified atom stereocenters. The van der Waals surface area contributed by atoms with Gasteiger partial charge in [-0.15, -0.1) is 0 Å². The van der Waals surface area contributed by atoms with Crippen molar-refractivity contribution in [2.24, 2.45) is 22.2 Å². The Kier molecular flexibility index (Phi) is 15.1. The molecule has 0 N–H and O–H groups in total. The van der Waals surface area contributed by atoms with Crippen molar-refractivity contribution in [2.45, 2.75) is 107 Å². The number of carbonyl (C=O) groups excluding carboxylic acids is 2. The van der Waals surface area contributed by atoms with E-state index in [1.165, 1.54) is 13.2 Å². The van der Waals surface area contributed by atoms with E-state index in [1.807, 2.05) is 6.92 Å². The van der Waals surface area contributed by atoms with Crippen LogP contribution in [0.5, 0.6) is 11.5 Å². The first-order valence-corrected chi connectivity index (χ1v) is 15.2. The summed E-state index contributed by atoms with van der Waals surface area (Å²) >= 11 is 0. The van der Waals surface area contributed by atoms with Crippen molar-refractivity contribution >= 4 is 18.0 Å². The molecule has 0 heterocycles. The number of hydrogen-bond acceptors (Lipinski definition) is 6. The lowest BCUT2D eigenvalue weighted by Crippen LogP contribution is -2.45. The van der Waals surface area contributed by atoms with E-state index in [0.717, 1.165) is 51.0 Å². The van der Waals surface area contributed by atoms with Crippen molar-refractivity contribution < 1.29 is 41.7 Å². The molecule has 9 heteroatoms. The Morgan fingerprint density at radius 1 is 0.837 bits per heavy atom. The van der Waals surface area contributed by atoms with E-state index in [9.17, 15) is 22.8 Å². The van der Waals surface area contributed by atoms with Gasteiger partial charge >= 0.3 is 18.1 Å². The molecule has 1 rings (SSSR count). The monoisotopic (exact) mass is 614 g/mol. The molecule has 6 nitrogen and oxygen atoms in total. The Morgan fingerprint density at radius 2 is 1.42 bits per heavy atom. The van der Waals surface area contributed by atoms with Gasteiger partial charge in [0, 0.05) is 6.08 Å². The molecule has 0 spiro atoms. The Hall–Kier alpha value is -2.71. The minimum absolute atomic E-state index is 0.0265. The van der Waals surface area contributed by atoms with Gasteiger partial charge in [-0.05, 0) is 66.7 Å². The van der Waals surface area contributed by atoms with E-state index < -0.39 is 24.2 Å². The van der Waals surface area contributed by atoms with Crippen LogP contribution in [0.2, 0.25) is 0 Å². The van der Waals surface area contributed by atoms with Gasteiger partial charge in [-0.3, -0.25) is 4.79 Å². The van der Waals surface area contributed by atoms with Crippen LogP contribution in [0.25, 0.3) is 6.08 Å². The summed E-state index contributed by atoms with van der Waals surface area (Å²) in [6, 6.07) is 4.99. The van der Waals surface area contributed by atoms with Gasteiger partial charge in [0.25, 0.3) is 0 Å². The maximum Gasteiger partial charge on any atom is 0.422 e. The fraction of sp³-hybridized carbons (Fsp3) is 0.706. The molecule has 0 aliphatic rings. The minimum Gasteiger partial charge on any atom is -0.493 e. The number of benzene rings is 1. The van der Waals surface area contributed by atoms with Crippen LogP contribution in [0.4, 0.5) is 13.2 Å². The lowest BCUT2D eigenvalue weighted by atomic mass is 9.59.